The van der Waals surface area contributed by atoms with Crippen molar-refractivity contribution >= 4 is 23.6 Å². The van der Waals surface area contributed by atoms with E-state index in [-0.39, 0.29) is 12.1 Å². The highest BCUT2D eigenvalue weighted by Gasteiger charge is 2.30. The van der Waals surface area contributed by atoms with Gasteiger partial charge in [-0.1, -0.05) is 43.0 Å². The first kappa shape index (κ1) is 17.3. The Bertz CT molecular complexity index is 754. The Balaban J connectivity index is 1.42. The van der Waals surface area contributed by atoms with Crippen LogP contribution in [0.25, 0.3) is 0 Å². The third-order valence-corrected chi connectivity index (χ3v) is 5.70. The van der Waals surface area contributed by atoms with Gasteiger partial charge in [-0.25, -0.2) is 14.5 Å². The van der Waals surface area contributed by atoms with Crippen LogP contribution in [-0.2, 0) is 0 Å². The van der Waals surface area contributed by atoms with Crippen LogP contribution in [0.15, 0.2) is 30.6 Å². The number of likely N-dealkylation sites (tertiary alicyclic amines) is 1. The number of anilines is 1. The summed E-state index contributed by atoms with van der Waals surface area (Å²) >= 11 is 5.98. The van der Waals surface area contributed by atoms with Gasteiger partial charge in [-0.15, -0.1) is 5.10 Å². The summed E-state index contributed by atoms with van der Waals surface area (Å²) < 4.78 is 1.91. The maximum absolute atomic E-state index is 12.8. The van der Waals surface area contributed by atoms with Crippen molar-refractivity contribution in [2.75, 3.05) is 11.9 Å². The SMILES string of the molecule is O=C(Nc1ncn(C2CCCCC2)n1)N1CCCC1c1ccc(Cl)cc1. The fourth-order valence-corrected chi connectivity index (χ4v) is 4.19. The summed E-state index contributed by atoms with van der Waals surface area (Å²) in [6.07, 6.45) is 9.75. The van der Waals surface area contributed by atoms with E-state index in [1.54, 1.807) is 6.33 Å². The average Bonchev–Trinajstić information content (AvgIpc) is 3.33. The molecule has 1 aromatic heterocycles. The molecule has 1 unspecified atom stereocenters. The van der Waals surface area contributed by atoms with Crippen LogP contribution in [0.1, 0.15) is 62.6 Å². The van der Waals surface area contributed by atoms with Gasteiger partial charge in [0.15, 0.2) is 0 Å². The van der Waals surface area contributed by atoms with Crippen molar-refractivity contribution in [1.82, 2.24) is 19.7 Å². The standard InChI is InChI=1S/C19H24ClN5O/c20-15-10-8-14(9-11-15)17-7-4-12-24(17)19(26)22-18-21-13-25(23-18)16-5-2-1-3-6-16/h8-11,13,16-17H,1-7,12H2,(H,22,23,26). The largest absolute Gasteiger partial charge is 0.324 e. The summed E-state index contributed by atoms with van der Waals surface area (Å²) in [5.41, 5.74) is 1.11. The highest BCUT2D eigenvalue weighted by molar-refractivity contribution is 6.30. The van der Waals surface area contributed by atoms with Crippen molar-refractivity contribution in [3.05, 3.63) is 41.2 Å². The smallest absolute Gasteiger partial charge is 0.317 e. The quantitative estimate of drug-likeness (QED) is 0.839. The Morgan fingerprint density at radius 3 is 2.62 bits per heavy atom. The number of halogens is 1. The predicted octanol–water partition coefficient (Wildman–Crippen LogP) is 4.81. The fraction of sp³-hybridized carbons (Fsp3) is 0.526. The second-order valence-electron chi connectivity index (χ2n) is 7.17. The van der Waals surface area contributed by atoms with Crippen molar-refractivity contribution in [3.63, 3.8) is 0 Å². The minimum absolute atomic E-state index is 0.0766. The van der Waals surface area contributed by atoms with E-state index >= 15 is 0 Å². The molecule has 2 heterocycles. The number of rotatable bonds is 3. The summed E-state index contributed by atoms with van der Waals surface area (Å²) in [6, 6.07) is 8.09. The first-order valence-electron chi connectivity index (χ1n) is 9.45. The van der Waals surface area contributed by atoms with Crippen LogP contribution in [0.5, 0.6) is 0 Å². The molecule has 1 aliphatic carbocycles. The van der Waals surface area contributed by atoms with E-state index in [0.29, 0.717) is 17.0 Å². The molecule has 1 N–H and O–H groups in total. The zero-order valence-electron chi connectivity index (χ0n) is 14.8. The van der Waals surface area contributed by atoms with Gasteiger partial charge in [0.05, 0.1) is 12.1 Å². The summed E-state index contributed by atoms with van der Waals surface area (Å²) in [5.74, 6) is 0.391. The van der Waals surface area contributed by atoms with Crippen molar-refractivity contribution in [2.24, 2.45) is 0 Å². The van der Waals surface area contributed by atoms with Gasteiger partial charge in [0.2, 0.25) is 5.95 Å². The van der Waals surface area contributed by atoms with E-state index in [1.165, 1.54) is 19.3 Å². The molecule has 7 heteroatoms. The molecule has 1 atom stereocenters. The normalized spacial score (nSPS) is 21.1. The summed E-state index contributed by atoms with van der Waals surface area (Å²) in [4.78, 5) is 18.9. The van der Waals surface area contributed by atoms with E-state index in [1.807, 2.05) is 33.8 Å². The van der Waals surface area contributed by atoms with Crippen LogP contribution < -0.4 is 5.32 Å². The lowest BCUT2D eigenvalue weighted by Gasteiger charge is -2.24. The van der Waals surface area contributed by atoms with E-state index in [4.69, 9.17) is 11.6 Å². The number of nitrogens with zero attached hydrogens (tertiary/aromatic N) is 4. The molecule has 0 spiro atoms. The Morgan fingerprint density at radius 2 is 1.85 bits per heavy atom. The lowest BCUT2D eigenvalue weighted by molar-refractivity contribution is 0.207. The summed E-state index contributed by atoms with van der Waals surface area (Å²) in [5, 5.41) is 8.07. The number of benzene rings is 1. The van der Waals surface area contributed by atoms with Gasteiger partial charge >= 0.3 is 6.03 Å². The Hall–Kier alpha value is -2.08. The van der Waals surface area contributed by atoms with Gasteiger partial charge in [-0.05, 0) is 43.4 Å². The van der Waals surface area contributed by atoms with Gasteiger partial charge in [0, 0.05) is 11.6 Å². The van der Waals surface area contributed by atoms with Gasteiger partial charge in [-0.3, -0.25) is 5.32 Å². The molecule has 0 radical (unpaired) electrons. The molecule has 0 bridgehead atoms. The molecular weight excluding hydrogens is 350 g/mol. The van der Waals surface area contributed by atoms with Gasteiger partial charge in [0.1, 0.15) is 6.33 Å². The third-order valence-electron chi connectivity index (χ3n) is 5.44. The van der Waals surface area contributed by atoms with Gasteiger partial charge in [-0.2, -0.15) is 0 Å². The topological polar surface area (TPSA) is 63.1 Å². The molecule has 1 saturated heterocycles. The number of hydrogen-bond donors (Lipinski definition) is 1. The maximum atomic E-state index is 12.8. The average molecular weight is 374 g/mol. The third kappa shape index (κ3) is 3.70. The van der Waals surface area contributed by atoms with E-state index in [2.05, 4.69) is 15.4 Å². The monoisotopic (exact) mass is 373 g/mol. The molecule has 6 nitrogen and oxygen atoms in total. The zero-order chi connectivity index (χ0) is 17.9. The number of nitrogens with one attached hydrogen (secondary N) is 1. The van der Waals surface area contributed by atoms with Crippen LogP contribution in [0.4, 0.5) is 10.7 Å². The number of hydrogen-bond acceptors (Lipinski definition) is 3. The molecular formula is C19H24ClN5O. The summed E-state index contributed by atoms with van der Waals surface area (Å²) in [6.45, 7) is 0.739. The van der Waals surface area contributed by atoms with Crippen molar-refractivity contribution < 1.29 is 4.79 Å². The van der Waals surface area contributed by atoms with E-state index in [0.717, 1.165) is 37.8 Å². The molecule has 2 amide bonds. The van der Waals surface area contributed by atoms with E-state index in [9.17, 15) is 4.79 Å². The number of amides is 2. The fourth-order valence-electron chi connectivity index (χ4n) is 4.06. The predicted molar refractivity (Wildman–Crippen MR) is 101 cm³/mol. The molecule has 1 saturated carbocycles. The molecule has 2 fully saturated rings. The lowest BCUT2D eigenvalue weighted by atomic mass is 9.96. The highest BCUT2D eigenvalue weighted by atomic mass is 35.5. The Kier molecular flexibility index (Phi) is 5.11. The second-order valence-corrected chi connectivity index (χ2v) is 7.61. The molecule has 1 aliphatic heterocycles. The van der Waals surface area contributed by atoms with Gasteiger partial charge < -0.3 is 4.90 Å². The number of aromatic nitrogens is 3. The minimum Gasteiger partial charge on any atom is -0.317 e. The van der Waals surface area contributed by atoms with Gasteiger partial charge in [0.25, 0.3) is 0 Å². The number of carbonyl (C=O) groups is 1. The van der Waals surface area contributed by atoms with Crippen molar-refractivity contribution in [2.45, 2.75) is 57.0 Å². The van der Waals surface area contributed by atoms with Crippen molar-refractivity contribution in [3.8, 4) is 0 Å². The van der Waals surface area contributed by atoms with Crippen LogP contribution in [0.2, 0.25) is 5.02 Å². The van der Waals surface area contributed by atoms with Crippen LogP contribution in [0.3, 0.4) is 0 Å². The minimum atomic E-state index is -0.135. The zero-order valence-corrected chi connectivity index (χ0v) is 15.5. The Morgan fingerprint density at radius 1 is 1.08 bits per heavy atom. The molecule has 2 aromatic rings. The highest BCUT2D eigenvalue weighted by Crippen LogP contribution is 2.33. The van der Waals surface area contributed by atoms with Crippen LogP contribution in [0, 0.1) is 0 Å². The van der Waals surface area contributed by atoms with Crippen molar-refractivity contribution in [1.29, 1.82) is 0 Å². The molecule has 1 aromatic carbocycles. The van der Waals surface area contributed by atoms with Crippen LogP contribution >= 0.6 is 11.6 Å². The summed E-state index contributed by atoms with van der Waals surface area (Å²) in [7, 11) is 0. The molecule has 26 heavy (non-hydrogen) atoms. The second kappa shape index (κ2) is 7.66. The number of carbonyl (C=O) groups excluding carboxylic acids is 1. The van der Waals surface area contributed by atoms with Crippen LogP contribution in [-0.4, -0.2) is 32.2 Å². The molecule has 2 aliphatic rings. The first-order valence-corrected chi connectivity index (χ1v) is 9.83. The first-order chi connectivity index (χ1) is 12.7. The molecule has 4 rings (SSSR count). The Labute approximate surface area is 158 Å². The molecule has 138 valence electrons. The maximum Gasteiger partial charge on any atom is 0.324 e. The lowest BCUT2D eigenvalue weighted by Crippen LogP contribution is -2.34. The van der Waals surface area contributed by atoms with E-state index < -0.39 is 0 Å². The number of urea groups is 1.